The fourth-order valence-corrected chi connectivity index (χ4v) is 4.97. The van der Waals surface area contributed by atoms with Crippen molar-refractivity contribution in [3.63, 3.8) is 0 Å². The fourth-order valence-electron chi connectivity index (χ4n) is 3.54. The highest BCUT2D eigenvalue weighted by molar-refractivity contribution is 7.11. The van der Waals surface area contributed by atoms with Gasteiger partial charge in [0.2, 0.25) is 0 Å². The summed E-state index contributed by atoms with van der Waals surface area (Å²) in [6.07, 6.45) is 6.40. The smallest absolute Gasteiger partial charge is 0.0850 e. The van der Waals surface area contributed by atoms with E-state index in [4.69, 9.17) is 0 Å². The second kappa shape index (κ2) is 10.4. The number of aryl methyl sites for hydroxylation is 1. The highest BCUT2D eigenvalue weighted by Gasteiger charge is 2.06. The summed E-state index contributed by atoms with van der Waals surface area (Å²) in [6.45, 7) is 2.26. The summed E-state index contributed by atoms with van der Waals surface area (Å²) in [5.41, 5.74) is 7.49. The Morgan fingerprint density at radius 2 is 1.50 bits per heavy atom. The maximum atomic E-state index is 3.40. The van der Waals surface area contributed by atoms with Crippen molar-refractivity contribution in [3.05, 3.63) is 92.8 Å². The summed E-state index contributed by atoms with van der Waals surface area (Å²) in [6, 6.07) is 21.9. The molecule has 2 heterocycles. The van der Waals surface area contributed by atoms with E-state index in [1.807, 2.05) is 0 Å². The van der Waals surface area contributed by atoms with Crippen molar-refractivity contribution in [2.24, 2.45) is 0 Å². The molecule has 0 unspecified atom stereocenters. The Balaban J connectivity index is 1.45. The van der Waals surface area contributed by atoms with E-state index in [9.17, 15) is 0 Å². The first-order valence-electron chi connectivity index (χ1n) is 10.6. The van der Waals surface area contributed by atoms with Gasteiger partial charge in [-0.1, -0.05) is 74.4 Å². The number of rotatable bonds is 7. The van der Waals surface area contributed by atoms with E-state index in [1.165, 1.54) is 59.9 Å². The lowest BCUT2D eigenvalue weighted by Crippen LogP contribution is -1.86. The Bertz CT molecular complexity index is 1100. The van der Waals surface area contributed by atoms with E-state index in [-0.39, 0.29) is 0 Å². The van der Waals surface area contributed by atoms with Crippen LogP contribution in [0.4, 0.5) is 0 Å². The number of thiophene rings is 2. The van der Waals surface area contributed by atoms with Crippen molar-refractivity contribution < 1.29 is 0 Å². The van der Waals surface area contributed by atoms with Crippen molar-refractivity contribution in [2.45, 2.75) is 39.0 Å². The lowest BCUT2D eigenvalue weighted by atomic mass is 10.0. The van der Waals surface area contributed by atoms with E-state index >= 15 is 0 Å². The molecule has 0 fully saturated rings. The third-order valence-corrected chi connectivity index (χ3v) is 6.82. The molecular weight excluding hydrogens is 400 g/mol. The third-order valence-electron chi connectivity index (χ3n) is 5.31. The molecule has 0 saturated heterocycles. The molecule has 0 N–H and O–H groups in total. The lowest BCUT2D eigenvalue weighted by Gasteiger charge is -2.03. The zero-order valence-corrected chi connectivity index (χ0v) is 19.0. The first kappa shape index (κ1) is 20.7. The molecule has 4 rings (SSSR count). The van der Waals surface area contributed by atoms with Crippen molar-refractivity contribution in [1.82, 2.24) is 0 Å². The molecule has 150 valence electrons. The van der Waals surface area contributed by atoms with Crippen LogP contribution in [0.15, 0.2) is 76.8 Å². The maximum absolute atomic E-state index is 3.40. The van der Waals surface area contributed by atoms with Gasteiger partial charge >= 0.3 is 0 Å². The van der Waals surface area contributed by atoms with Gasteiger partial charge < -0.3 is 0 Å². The Hall–Kier alpha value is -2.60. The summed E-state index contributed by atoms with van der Waals surface area (Å²) in [5.74, 6) is 6.76. The number of unbranched alkanes of at least 4 members (excludes halogenated alkanes) is 3. The molecule has 0 aliphatic carbocycles. The van der Waals surface area contributed by atoms with Crippen molar-refractivity contribution >= 4 is 22.7 Å². The van der Waals surface area contributed by atoms with Crippen LogP contribution in [0.2, 0.25) is 0 Å². The van der Waals surface area contributed by atoms with Crippen LogP contribution >= 0.6 is 22.7 Å². The van der Waals surface area contributed by atoms with E-state index in [0.29, 0.717) is 0 Å². The molecule has 0 nitrogen and oxygen atoms in total. The molecule has 0 radical (unpaired) electrons. The highest BCUT2D eigenvalue weighted by Crippen LogP contribution is 2.30. The highest BCUT2D eigenvalue weighted by atomic mass is 32.1. The molecule has 0 saturated carbocycles. The zero-order chi connectivity index (χ0) is 20.6. The monoisotopic (exact) mass is 426 g/mol. The van der Waals surface area contributed by atoms with Crippen LogP contribution in [0.3, 0.4) is 0 Å². The zero-order valence-electron chi connectivity index (χ0n) is 17.4. The van der Waals surface area contributed by atoms with E-state index in [0.717, 1.165) is 10.4 Å². The van der Waals surface area contributed by atoms with Crippen LogP contribution in [0, 0.1) is 11.8 Å². The molecule has 0 aliphatic heterocycles. The molecule has 2 heteroatoms. The van der Waals surface area contributed by atoms with Crippen molar-refractivity contribution in [1.29, 1.82) is 0 Å². The van der Waals surface area contributed by atoms with Crippen LogP contribution in [-0.4, -0.2) is 0 Å². The molecular formula is C28H26S2. The number of hydrogen-bond acceptors (Lipinski definition) is 2. The van der Waals surface area contributed by atoms with Crippen molar-refractivity contribution in [3.8, 4) is 34.1 Å². The molecule has 0 spiro atoms. The van der Waals surface area contributed by atoms with Gasteiger partial charge in [0.25, 0.3) is 0 Å². The fraction of sp³-hybridized carbons (Fsp3) is 0.214. The van der Waals surface area contributed by atoms with Gasteiger partial charge in [-0.25, -0.2) is 0 Å². The van der Waals surface area contributed by atoms with Gasteiger partial charge in [0, 0.05) is 11.1 Å². The number of hydrogen-bond donors (Lipinski definition) is 0. The second-order valence-corrected chi connectivity index (χ2v) is 9.21. The van der Waals surface area contributed by atoms with E-state index in [2.05, 4.69) is 95.6 Å². The summed E-state index contributed by atoms with van der Waals surface area (Å²) in [7, 11) is 0. The minimum Gasteiger partial charge on any atom is -0.152 e. The molecule has 0 aliphatic rings. The molecule has 4 aromatic rings. The van der Waals surface area contributed by atoms with Crippen LogP contribution in [0.1, 0.15) is 48.6 Å². The normalized spacial score (nSPS) is 10.6. The minimum atomic E-state index is 1.08. The SMILES string of the molecule is CCCCCCc1ccc(C#Cc2sccc2-c2ccc(-c3ccsc3)cc2)cc1. The van der Waals surface area contributed by atoms with Gasteiger partial charge in [-0.15, -0.1) is 11.3 Å². The first-order valence-corrected chi connectivity index (χ1v) is 12.5. The standard InChI is InChI=1S/C28H26S2/c1-2-3-4-5-6-22-7-9-23(10-8-22)11-16-28-27(18-20-30-28)25-14-12-24(13-15-25)26-17-19-29-21-26/h7-10,12-15,17-21H,2-6H2,1H3. The lowest BCUT2D eigenvalue weighted by molar-refractivity contribution is 0.667. The van der Waals surface area contributed by atoms with Gasteiger partial charge in [-0.05, 0) is 75.5 Å². The summed E-state index contributed by atoms with van der Waals surface area (Å²) in [4.78, 5) is 1.13. The van der Waals surface area contributed by atoms with Crippen LogP contribution in [0.5, 0.6) is 0 Å². The summed E-state index contributed by atoms with van der Waals surface area (Å²) < 4.78 is 0. The molecule has 2 aromatic heterocycles. The van der Waals surface area contributed by atoms with Crippen LogP contribution in [-0.2, 0) is 6.42 Å². The third kappa shape index (κ3) is 5.30. The van der Waals surface area contributed by atoms with Crippen LogP contribution in [0.25, 0.3) is 22.3 Å². The molecule has 2 aromatic carbocycles. The Kier molecular flexibility index (Phi) is 7.19. The molecule has 0 bridgehead atoms. The maximum Gasteiger partial charge on any atom is 0.0850 e. The summed E-state index contributed by atoms with van der Waals surface area (Å²) >= 11 is 3.45. The average molecular weight is 427 g/mol. The Labute approximate surface area is 188 Å². The topological polar surface area (TPSA) is 0 Å². The Morgan fingerprint density at radius 3 is 2.23 bits per heavy atom. The van der Waals surface area contributed by atoms with Gasteiger partial charge in [0.15, 0.2) is 0 Å². The number of benzene rings is 2. The predicted octanol–water partition coefficient (Wildman–Crippen LogP) is 8.67. The average Bonchev–Trinajstić information content (AvgIpc) is 3.49. The summed E-state index contributed by atoms with van der Waals surface area (Å²) in [5, 5.41) is 6.44. The van der Waals surface area contributed by atoms with Gasteiger partial charge in [0.1, 0.15) is 0 Å². The predicted molar refractivity (Wildman–Crippen MR) is 133 cm³/mol. The van der Waals surface area contributed by atoms with Crippen molar-refractivity contribution in [2.75, 3.05) is 0 Å². The van der Waals surface area contributed by atoms with Gasteiger partial charge in [0.05, 0.1) is 4.88 Å². The second-order valence-electron chi connectivity index (χ2n) is 7.51. The van der Waals surface area contributed by atoms with Crippen LogP contribution < -0.4 is 0 Å². The van der Waals surface area contributed by atoms with Gasteiger partial charge in [-0.3, -0.25) is 0 Å². The minimum absolute atomic E-state index is 1.08. The van der Waals surface area contributed by atoms with E-state index in [1.54, 1.807) is 22.7 Å². The van der Waals surface area contributed by atoms with Gasteiger partial charge in [-0.2, -0.15) is 11.3 Å². The molecule has 0 atom stereocenters. The molecule has 30 heavy (non-hydrogen) atoms. The largest absolute Gasteiger partial charge is 0.152 e. The Morgan fingerprint density at radius 1 is 0.700 bits per heavy atom. The quantitative estimate of drug-likeness (QED) is 0.205. The molecule has 0 amide bonds. The van der Waals surface area contributed by atoms with E-state index < -0.39 is 0 Å². The first-order chi connectivity index (χ1) is 14.8.